The van der Waals surface area contributed by atoms with Crippen molar-refractivity contribution in [1.82, 2.24) is 0 Å². The van der Waals surface area contributed by atoms with Gasteiger partial charge in [0.2, 0.25) is 0 Å². The summed E-state index contributed by atoms with van der Waals surface area (Å²) in [6, 6.07) is 17.7. The van der Waals surface area contributed by atoms with Gasteiger partial charge in [0.1, 0.15) is 0 Å². The molecule has 35 heavy (non-hydrogen) atoms. The van der Waals surface area contributed by atoms with Crippen molar-refractivity contribution in [2.75, 3.05) is 4.90 Å². The monoisotopic (exact) mass is 549 g/mol. The van der Waals surface area contributed by atoms with Crippen LogP contribution in [0.1, 0.15) is 43.3 Å². The molecule has 0 spiro atoms. The molecule has 1 saturated heterocycles. The van der Waals surface area contributed by atoms with Gasteiger partial charge in [-0.25, -0.2) is 0 Å². The Bertz CT molecular complexity index is 1460. The molecule has 0 aliphatic carbocycles. The Morgan fingerprint density at radius 2 is 1.54 bits per heavy atom. The van der Waals surface area contributed by atoms with E-state index in [4.69, 9.17) is 9.47 Å². The first-order valence-electron chi connectivity index (χ1n) is 11.8. The number of hydrogen-bond donors (Lipinski definition) is 0. The number of nitrogens with zero attached hydrogens (tertiary/aromatic N) is 1. The van der Waals surface area contributed by atoms with Gasteiger partial charge in [-0.2, -0.15) is 0 Å². The third-order valence-electron chi connectivity index (χ3n) is 7.44. The Morgan fingerprint density at radius 3 is 2.26 bits per heavy atom. The molecule has 0 N–H and O–H groups in total. The van der Waals surface area contributed by atoms with Crippen LogP contribution in [0.5, 0.6) is 0 Å². The van der Waals surface area contributed by atoms with Crippen molar-refractivity contribution < 1.29 is 19.1 Å². The van der Waals surface area contributed by atoms with Crippen molar-refractivity contribution in [3.8, 4) is 0 Å². The number of cyclic esters (lactones) is 2. The first-order chi connectivity index (χ1) is 16.4. The molecule has 0 unspecified atom stereocenters. The Kier molecular flexibility index (Phi) is 4.58. The van der Waals surface area contributed by atoms with E-state index >= 15 is 0 Å². The molecule has 0 saturated carbocycles. The van der Waals surface area contributed by atoms with Crippen LogP contribution in [0.2, 0.25) is 13.1 Å². The van der Waals surface area contributed by atoms with E-state index in [9.17, 15) is 9.59 Å². The van der Waals surface area contributed by atoms with E-state index in [0.717, 1.165) is 4.44 Å². The molecule has 178 valence electrons. The fourth-order valence-corrected chi connectivity index (χ4v) is 11.3. The molecule has 1 fully saturated rings. The van der Waals surface area contributed by atoms with Crippen molar-refractivity contribution in [2.24, 2.45) is 0 Å². The summed E-state index contributed by atoms with van der Waals surface area (Å²) in [4.78, 5) is 27.7. The van der Waals surface area contributed by atoms with Crippen LogP contribution in [0.15, 0.2) is 54.1 Å². The van der Waals surface area contributed by atoms with Gasteiger partial charge in [-0.15, -0.1) is 0 Å². The molecular weight excluding hydrogens is 521 g/mol. The zero-order valence-electron chi connectivity index (χ0n) is 20.7. The number of para-hydroxylation sites is 2. The summed E-state index contributed by atoms with van der Waals surface area (Å²) in [5.74, 6) is -2.51. The first-order valence-corrected chi connectivity index (χ1v) is 16.5. The number of rotatable bonds is 1. The average molecular weight is 549 g/mol. The fourth-order valence-electron chi connectivity index (χ4n) is 5.62. The van der Waals surface area contributed by atoms with Gasteiger partial charge in [-0.05, 0) is 0 Å². The van der Waals surface area contributed by atoms with Crippen LogP contribution in [-0.2, 0) is 24.5 Å². The van der Waals surface area contributed by atoms with Crippen molar-refractivity contribution in [2.45, 2.75) is 52.0 Å². The molecule has 1 aromatic heterocycles. The molecule has 0 radical (unpaired) electrons. The van der Waals surface area contributed by atoms with E-state index < -0.39 is 25.8 Å². The Morgan fingerprint density at radius 1 is 0.886 bits per heavy atom. The second-order valence-corrected chi connectivity index (χ2v) is 17.5. The van der Waals surface area contributed by atoms with Gasteiger partial charge in [-0.3, -0.25) is 0 Å². The summed E-state index contributed by atoms with van der Waals surface area (Å²) >= 11 is -0.103. The summed E-state index contributed by atoms with van der Waals surface area (Å²) in [6.07, 6.45) is 1.68. The zero-order valence-corrected chi connectivity index (χ0v) is 23.4. The van der Waals surface area contributed by atoms with Crippen LogP contribution < -0.4 is 15.3 Å². The van der Waals surface area contributed by atoms with Gasteiger partial charge in [-0.1, -0.05) is 0 Å². The standard InChI is InChI=1S/C28H27NO4SeSi/c1-27(2)18-10-9-13-22-23(18)29(20-11-7-8-12-21(20)35(22,5)6)24-19(27)15-16(34-24)14-17-25(30)32-28(3,4)33-26(17)31/h7-15H,1-6H3. The molecule has 2 aromatic carbocycles. The zero-order chi connectivity index (χ0) is 24.9. The predicted octanol–water partition coefficient (Wildman–Crippen LogP) is 4.21. The maximum atomic E-state index is 12.6. The van der Waals surface area contributed by atoms with Crippen LogP contribution in [0, 0.1) is 0 Å². The van der Waals surface area contributed by atoms with Gasteiger partial charge >= 0.3 is 213 Å². The van der Waals surface area contributed by atoms with Crippen LogP contribution in [0.4, 0.5) is 15.9 Å². The van der Waals surface area contributed by atoms with Crippen molar-refractivity contribution in [1.29, 1.82) is 0 Å². The van der Waals surface area contributed by atoms with Gasteiger partial charge < -0.3 is 0 Å². The first kappa shape index (κ1) is 22.6. The van der Waals surface area contributed by atoms with E-state index in [2.05, 4.69) is 80.4 Å². The number of anilines is 3. The van der Waals surface area contributed by atoms with Gasteiger partial charge in [0, 0.05) is 0 Å². The number of esters is 2. The molecule has 0 atom stereocenters. The molecule has 3 aliphatic rings. The Balaban J connectivity index is 1.57. The minimum absolute atomic E-state index is 0.0408. The number of carbonyl (C=O) groups is 2. The average Bonchev–Trinajstić information content (AvgIpc) is 3.20. The number of carbonyl (C=O) groups excluding carboxylic acids is 2. The number of benzene rings is 2. The third-order valence-corrected chi connectivity index (χ3v) is 13.2. The number of fused-ring (bicyclic) bond motifs is 4. The second-order valence-electron chi connectivity index (χ2n) is 10.9. The molecule has 4 heterocycles. The molecule has 6 rings (SSSR count). The maximum absolute atomic E-state index is 12.6. The summed E-state index contributed by atoms with van der Waals surface area (Å²) < 4.78 is 12.9. The summed E-state index contributed by atoms with van der Waals surface area (Å²) in [6.45, 7) is 12.6. The Labute approximate surface area is 212 Å². The summed E-state index contributed by atoms with van der Waals surface area (Å²) in [5, 5.41) is 2.89. The molecule has 7 heteroatoms. The van der Waals surface area contributed by atoms with Crippen LogP contribution in [0.25, 0.3) is 6.08 Å². The van der Waals surface area contributed by atoms with Crippen LogP contribution in [-0.4, -0.2) is 40.3 Å². The van der Waals surface area contributed by atoms with Crippen molar-refractivity contribution in [3.05, 3.63) is 69.7 Å². The number of ether oxygens (including phenoxy) is 2. The Hall–Kier alpha value is -2.86. The SMILES string of the molecule is CC1(C)OC(=O)C(=Cc2cc3c([se]2)N2c4ccccc4[Si](C)(C)c4cccc(c42)C3(C)C)C(=O)O1. The van der Waals surface area contributed by atoms with Crippen LogP contribution >= 0.6 is 0 Å². The molecular formula is C28H27NO4SeSi. The fraction of sp³-hybridized carbons (Fsp3) is 0.286. The van der Waals surface area contributed by atoms with E-state index in [0.29, 0.717) is 0 Å². The topological polar surface area (TPSA) is 55.8 Å². The van der Waals surface area contributed by atoms with E-state index in [1.54, 1.807) is 19.9 Å². The second kappa shape index (κ2) is 7.09. The molecule has 5 nitrogen and oxygen atoms in total. The summed E-state index contributed by atoms with van der Waals surface area (Å²) in [7, 11) is -1.89. The molecule has 3 aliphatic heterocycles. The normalized spacial score (nSPS) is 20.3. The van der Waals surface area contributed by atoms with E-state index in [1.807, 2.05) is 0 Å². The van der Waals surface area contributed by atoms with Gasteiger partial charge in [0.05, 0.1) is 0 Å². The molecule has 3 aromatic rings. The quantitative estimate of drug-likeness (QED) is 0.198. The minimum atomic E-state index is -1.89. The third kappa shape index (κ3) is 3.11. The van der Waals surface area contributed by atoms with Gasteiger partial charge in [0.15, 0.2) is 0 Å². The molecule has 0 bridgehead atoms. The number of hydrogen-bond acceptors (Lipinski definition) is 5. The van der Waals surface area contributed by atoms with Crippen molar-refractivity contribution >= 4 is 66.9 Å². The van der Waals surface area contributed by atoms with Crippen LogP contribution in [0.3, 0.4) is 0 Å². The van der Waals surface area contributed by atoms with Crippen molar-refractivity contribution in [3.63, 3.8) is 0 Å². The van der Waals surface area contributed by atoms with Gasteiger partial charge in [0.25, 0.3) is 0 Å². The van der Waals surface area contributed by atoms with E-state index in [-0.39, 0.29) is 25.5 Å². The predicted molar refractivity (Wildman–Crippen MR) is 141 cm³/mol. The van der Waals surface area contributed by atoms with E-state index in [1.165, 1.54) is 37.4 Å². The molecule has 0 amide bonds. The summed E-state index contributed by atoms with van der Waals surface area (Å²) in [5.41, 5.74) is 4.90.